The van der Waals surface area contributed by atoms with Gasteiger partial charge < -0.3 is 0 Å². The van der Waals surface area contributed by atoms with Gasteiger partial charge >= 0.3 is 0 Å². The second kappa shape index (κ2) is 4.93. The fourth-order valence-corrected chi connectivity index (χ4v) is 6.10. The molecule has 2 fully saturated rings. The maximum Gasteiger partial charge on any atom is 0.233 e. The fraction of sp³-hybridized carbons (Fsp3) is 0.471. The van der Waals surface area contributed by atoms with Crippen molar-refractivity contribution < 1.29 is 13.2 Å². The fourth-order valence-electron chi connectivity index (χ4n) is 4.31. The third-order valence-electron chi connectivity index (χ3n) is 5.58. The smallest absolute Gasteiger partial charge is 0.233 e. The molecule has 0 amide bonds. The normalized spacial score (nSPS) is 31.9. The monoisotopic (exact) mass is 338 g/mol. The van der Waals surface area contributed by atoms with Gasteiger partial charge in [-0.1, -0.05) is 44.2 Å². The van der Waals surface area contributed by atoms with Gasteiger partial charge in [-0.2, -0.15) is 0 Å². The molecule has 5 heteroatoms. The zero-order chi connectivity index (χ0) is 16.2. The molecule has 1 aromatic carbocycles. The highest BCUT2D eigenvalue weighted by Crippen LogP contribution is 2.66. The van der Waals surface area contributed by atoms with Crippen molar-refractivity contribution in [3.63, 3.8) is 0 Å². The molecule has 0 saturated heterocycles. The molecule has 2 aliphatic rings. The van der Waals surface area contributed by atoms with E-state index in [1.807, 2.05) is 50.3 Å². The van der Waals surface area contributed by atoms with Gasteiger partial charge in [0.1, 0.15) is 0 Å². The van der Waals surface area contributed by atoms with E-state index < -0.39 is 14.5 Å². The van der Waals surface area contributed by atoms with E-state index in [4.69, 9.17) is 10.7 Å². The van der Waals surface area contributed by atoms with Crippen LogP contribution >= 0.6 is 10.7 Å². The highest BCUT2D eigenvalue weighted by Gasteiger charge is 2.67. The second-order valence-electron chi connectivity index (χ2n) is 6.92. The molecule has 0 spiro atoms. The minimum Gasteiger partial charge on any atom is -0.294 e. The van der Waals surface area contributed by atoms with Crippen molar-refractivity contribution in [1.29, 1.82) is 0 Å². The van der Waals surface area contributed by atoms with Crippen molar-refractivity contribution >= 4 is 31.6 Å². The average molecular weight is 339 g/mol. The molecule has 0 aromatic heterocycles. The van der Waals surface area contributed by atoms with Crippen molar-refractivity contribution in [2.75, 3.05) is 5.75 Å². The maximum atomic E-state index is 13.0. The van der Waals surface area contributed by atoms with E-state index in [0.29, 0.717) is 6.42 Å². The number of allylic oxidation sites excluding steroid dienone is 1. The summed E-state index contributed by atoms with van der Waals surface area (Å²) in [6.45, 7) is 3.99. The largest absolute Gasteiger partial charge is 0.294 e. The Morgan fingerprint density at radius 1 is 1.27 bits per heavy atom. The average Bonchev–Trinajstić information content (AvgIpc) is 2.73. The Hall–Kier alpha value is -1.13. The molecular formula is C17H19ClO3S. The van der Waals surface area contributed by atoms with Crippen LogP contribution in [-0.2, 0) is 13.8 Å². The van der Waals surface area contributed by atoms with Gasteiger partial charge in [0.05, 0.1) is 11.2 Å². The van der Waals surface area contributed by atoms with Gasteiger partial charge in [-0.15, -0.1) is 0 Å². The van der Waals surface area contributed by atoms with Crippen LogP contribution in [0.2, 0.25) is 0 Å². The van der Waals surface area contributed by atoms with Gasteiger partial charge in [-0.3, -0.25) is 4.79 Å². The number of Topliss-reactive ketones (excluding diaryl/α,β-unsaturated/α-hetero) is 1. The minimum absolute atomic E-state index is 0.0400. The lowest BCUT2D eigenvalue weighted by Crippen LogP contribution is -2.41. The van der Waals surface area contributed by atoms with Crippen LogP contribution in [0.25, 0.3) is 6.08 Å². The second-order valence-corrected chi connectivity index (χ2v) is 9.69. The molecule has 0 N–H and O–H groups in total. The standard InChI is InChI=1S/C17H19ClO3S/c1-16(2)14-8-9-17(16,11-22(18,20)21)15(19)13(14)10-12-6-4-3-5-7-12/h3-7,10,14H,8-9,11H2,1-2H3/b13-10+/t14-,17-/m1/s1. The first-order valence-corrected chi connectivity index (χ1v) is 9.89. The topological polar surface area (TPSA) is 51.2 Å². The Kier molecular flexibility index (Phi) is 3.53. The van der Waals surface area contributed by atoms with Gasteiger partial charge in [-0.05, 0) is 35.8 Å². The molecule has 0 unspecified atom stereocenters. The van der Waals surface area contributed by atoms with E-state index in [9.17, 15) is 13.2 Å². The number of fused-ring (bicyclic) bond motifs is 2. The van der Waals surface area contributed by atoms with Crippen LogP contribution in [0.5, 0.6) is 0 Å². The SMILES string of the molecule is CC1(C)[C@@H]2CC[C@@]1(CS(=O)(=O)Cl)C(=O)/C2=C/c1ccccc1. The van der Waals surface area contributed by atoms with Gasteiger partial charge in [0.2, 0.25) is 9.05 Å². The first-order chi connectivity index (χ1) is 10.2. The summed E-state index contributed by atoms with van der Waals surface area (Å²) >= 11 is 0. The van der Waals surface area contributed by atoms with Crippen LogP contribution in [0.3, 0.4) is 0 Å². The lowest BCUT2D eigenvalue weighted by molar-refractivity contribution is -0.125. The van der Waals surface area contributed by atoms with Crippen LogP contribution in [0.15, 0.2) is 35.9 Å². The quantitative estimate of drug-likeness (QED) is 0.624. The third kappa shape index (κ3) is 2.24. The molecule has 118 valence electrons. The van der Waals surface area contributed by atoms with Crippen molar-refractivity contribution in [3.05, 3.63) is 41.5 Å². The van der Waals surface area contributed by atoms with Crippen LogP contribution in [-0.4, -0.2) is 20.0 Å². The third-order valence-corrected chi connectivity index (χ3v) is 6.74. The summed E-state index contributed by atoms with van der Waals surface area (Å²) in [5, 5.41) is 0. The first-order valence-electron chi connectivity index (χ1n) is 7.41. The van der Waals surface area contributed by atoms with Crippen LogP contribution in [0.1, 0.15) is 32.3 Å². The van der Waals surface area contributed by atoms with E-state index in [2.05, 4.69) is 0 Å². The Labute approximate surface area is 135 Å². The van der Waals surface area contributed by atoms with Crippen molar-refractivity contribution in [1.82, 2.24) is 0 Å². The molecule has 3 nitrogen and oxygen atoms in total. The summed E-state index contributed by atoms with van der Waals surface area (Å²) in [6, 6.07) is 9.67. The highest BCUT2D eigenvalue weighted by molar-refractivity contribution is 8.13. The zero-order valence-electron chi connectivity index (χ0n) is 12.7. The molecule has 2 bridgehead atoms. The van der Waals surface area contributed by atoms with E-state index in [1.165, 1.54) is 0 Å². The zero-order valence-corrected chi connectivity index (χ0v) is 14.2. The summed E-state index contributed by atoms with van der Waals surface area (Å²) < 4.78 is 23.3. The number of hydrogen-bond acceptors (Lipinski definition) is 3. The number of halogens is 1. The maximum absolute atomic E-state index is 13.0. The van der Waals surface area contributed by atoms with Gasteiger partial charge in [-0.25, -0.2) is 8.42 Å². The Morgan fingerprint density at radius 3 is 2.50 bits per heavy atom. The molecule has 0 aliphatic heterocycles. The van der Waals surface area contributed by atoms with Crippen LogP contribution in [0, 0.1) is 16.7 Å². The predicted molar refractivity (Wildman–Crippen MR) is 88.0 cm³/mol. The van der Waals surface area contributed by atoms with E-state index in [0.717, 1.165) is 17.6 Å². The summed E-state index contributed by atoms with van der Waals surface area (Å²) in [5.41, 5.74) is 0.465. The Morgan fingerprint density at radius 2 is 1.91 bits per heavy atom. The van der Waals surface area contributed by atoms with Gasteiger partial charge in [0.25, 0.3) is 0 Å². The molecule has 2 atom stereocenters. The number of rotatable bonds is 3. The summed E-state index contributed by atoms with van der Waals surface area (Å²) in [5.74, 6) is -0.212. The molecule has 0 heterocycles. The highest BCUT2D eigenvalue weighted by atomic mass is 35.7. The number of ketones is 1. The summed E-state index contributed by atoms with van der Waals surface area (Å²) in [4.78, 5) is 13.0. The van der Waals surface area contributed by atoms with Gasteiger partial charge in [0.15, 0.2) is 5.78 Å². The van der Waals surface area contributed by atoms with E-state index in [-0.39, 0.29) is 22.9 Å². The summed E-state index contributed by atoms with van der Waals surface area (Å²) in [6.07, 6.45) is 3.35. The minimum atomic E-state index is -3.73. The number of carbonyl (C=O) groups excluding carboxylic acids is 1. The Balaban J connectivity index is 2.09. The molecule has 2 aliphatic carbocycles. The van der Waals surface area contributed by atoms with Crippen LogP contribution < -0.4 is 0 Å². The molecule has 2 saturated carbocycles. The number of carbonyl (C=O) groups is 1. The molecule has 0 radical (unpaired) electrons. The van der Waals surface area contributed by atoms with Crippen molar-refractivity contribution in [3.8, 4) is 0 Å². The first kappa shape index (κ1) is 15.8. The molecule has 22 heavy (non-hydrogen) atoms. The number of hydrogen-bond donors (Lipinski definition) is 0. The Bertz CT molecular complexity index is 749. The van der Waals surface area contributed by atoms with Crippen LogP contribution in [0.4, 0.5) is 0 Å². The molecule has 1 aromatic rings. The molecule has 3 rings (SSSR count). The van der Waals surface area contributed by atoms with Gasteiger partial charge in [0, 0.05) is 16.3 Å². The lowest BCUT2D eigenvalue weighted by Gasteiger charge is -2.34. The molecular weight excluding hydrogens is 320 g/mol. The number of benzene rings is 1. The predicted octanol–water partition coefficient (Wildman–Crippen LogP) is 3.64. The van der Waals surface area contributed by atoms with Crippen molar-refractivity contribution in [2.24, 2.45) is 16.7 Å². The van der Waals surface area contributed by atoms with E-state index >= 15 is 0 Å². The summed E-state index contributed by atoms with van der Waals surface area (Å²) in [7, 11) is 1.77. The lowest BCUT2D eigenvalue weighted by atomic mass is 9.70. The van der Waals surface area contributed by atoms with Crippen molar-refractivity contribution in [2.45, 2.75) is 26.7 Å². The van der Waals surface area contributed by atoms with E-state index in [1.54, 1.807) is 0 Å².